The molecule has 2 fully saturated rings. The Bertz CT molecular complexity index is 578. The zero-order valence-electron chi connectivity index (χ0n) is 12.9. The van der Waals surface area contributed by atoms with Crippen molar-refractivity contribution in [3.8, 4) is 6.07 Å². The summed E-state index contributed by atoms with van der Waals surface area (Å²) < 4.78 is 0. The highest BCUT2D eigenvalue weighted by molar-refractivity contribution is 5.93. The Morgan fingerprint density at radius 3 is 2.82 bits per heavy atom. The summed E-state index contributed by atoms with van der Waals surface area (Å²) in [6, 6.07) is 9.27. The molecule has 4 nitrogen and oxygen atoms in total. The van der Waals surface area contributed by atoms with Gasteiger partial charge in [-0.2, -0.15) is 5.26 Å². The highest BCUT2D eigenvalue weighted by atomic mass is 16.2. The van der Waals surface area contributed by atoms with Crippen LogP contribution >= 0.6 is 0 Å². The topological polar surface area (TPSA) is 56.1 Å². The first-order valence-electron chi connectivity index (χ1n) is 8.27. The first-order chi connectivity index (χ1) is 10.8. The summed E-state index contributed by atoms with van der Waals surface area (Å²) >= 11 is 0. The Labute approximate surface area is 132 Å². The van der Waals surface area contributed by atoms with Crippen molar-refractivity contribution >= 4 is 11.6 Å². The zero-order chi connectivity index (χ0) is 15.4. The van der Waals surface area contributed by atoms with E-state index in [4.69, 9.17) is 5.26 Å². The molecule has 1 N–H and O–H groups in total. The Morgan fingerprint density at radius 1 is 1.23 bits per heavy atom. The quantitative estimate of drug-likeness (QED) is 0.933. The van der Waals surface area contributed by atoms with Crippen LogP contribution in [0.3, 0.4) is 0 Å². The van der Waals surface area contributed by atoms with E-state index in [0.29, 0.717) is 17.8 Å². The SMILES string of the molecule is N#Cc1ccccc1NC(=O)CN1CC[C@H]2CCCC[C@H]2C1. The lowest BCUT2D eigenvalue weighted by atomic mass is 9.75. The number of para-hydroxylation sites is 1. The van der Waals surface area contributed by atoms with Crippen LogP contribution in [0.25, 0.3) is 0 Å². The fourth-order valence-electron chi connectivity index (χ4n) is 3.90. The van der Waals surface area contributed by atoms with Gasteiger partial charge < -0.3 is 5.32 Å². The van der Waals surface area contributed by atoms with E-state index in [9.17, 15) is 4.79 Å². The van der Waals surface area contributed by atoms with Gasteiger partial charge in [0.1, 0.15) is 6.07 Å². The molecule has 0 unspecified atom stereocenters. The van der Waals surface area contributed by atoms with Crippen molar-refractivity contribution in [2.45, 2.75) is 32.1 Å². The van der Waals surface area contributed by atoms with Crippen molar-refractivity contribution in [3.05, 3.63) is 29.8 Å². The Morgan fingerprint density at radius 2 is 2.00 bits per heavy atom. The molecule has 22 heavy (non-hydrogen) atoms. The third-order valence-corrected chi connectivity index (χ3v) is 5.06. The van der Waals surface area contributed by atoms with Crippen LogP contribution in [0.5, 0.6) is 0 Å². The first kappa shape index (κ1) is 15.1. The smallest absolute Gasteiger partial charge is 0.238 e. The van der Waals surface area contributed by atoms with Crippen molar-refractivity contribution in [3.63, 3.8) is 0 Å². The fraction of sp³-hybridized carbons (Fsp3) is 0.556. The van der Waals surface area contributed by atoms with Crippen LogP contribution in [0.15, 0.2) is 24.3 Å². The van der Waals surface area contributed by atoms with Crippen molar-refractivity contribution in [1.29, 1.82) is 5.26 Å². The molecule has 0 aromatic heterocycles. The number of nitriles is 1. The maximum absolute atomic E-state index is 12.2. The lowest BCUT2D eigenvalue weighted by Crippen LogP contribution is -2.44. The van der Waals surface area contributed by atoms with E-state index in [1.165, 1.54) is 32.1 Å². The predicted molar refractivity (Wildman–Crippen MR) is 86.3 cm³/mol. The first-order valence-corrected chi connectivity index (χ1v) is 8.27. The second-order valence-electron chi connectivity index (χ2n) is 6.53. The molecule has 1 saturated heterocycles. The molecule has 1 saturated carbocycles. The molecule has 0 radical (unpaired) electrons. The van der Waals surface area contributed by atoms with Gasteiger partial charge in [0.2, 0.25) is 5.91 Å². The van der Waals surface area contributed by atoms with E-state index in [1.807, 2.05) is 12.1 Å². The Hall–Kier alpha value is -1.86. The van der Waals surface area contributed by atoms with Gasteiger partial charge >= 0.3 is 0 Å². The highest BCUT2D eigenvalue weighted by Crippen LogP contribution is 2.35. The molecule has 1 aromatic carbocycles. The van der Waals surface area contributed by atoms with E-state index in [2.05, 4.69) is 16.3 Å². The van der Waals surface area contributed by atoms with Crippen LogP contribution < -0.4 is 5.32 Å². The predicted octanol–water partition coefficient (Wildman–Crippen LogP) is 3.01. The number of hydrogen-bond donors (Lipinski definition) is 1. The number of hydrogen-bond acceptors (Lipinski definition) is 3. The maximum atomic E-state index is 12.2. The molecule has 116 valence electrons. The van der Waals surface area contributed by atoms with Crippen molar-refractivity contribution in [2.75, 3.05) is 25.0 Å². The molecule has 1 heterocycles. The number of fused-ring (bicyclic) bond motifs is 1. The molecular weight excluding hydrogens is 274 g/mol. The Balaban J connectivity index is 1.55. The molecule has 4 heteroatoms. The minimum Gasteiger partial charge on any atom is -0.324 e. The normalized spacial score (nSPS) is 25.0. The Kier molecular flexibility index (Phi) is 4.74. The van der Waals surface area contributed by atoms with Crippen LogP contribution in [0.2, 0.25) is 0 Å². The zero-order valence-corrected chi connectivity index (χ0v) is 12.9. The summed E-state index contributed by atoms with van der Waals surface area (Å²) in [5, 5.41) is 11.9. The number of amides is 1. The van der Waals surface area contributed by atoms with E-state index < -0.39 is 0 Å². The number of piperidine rings is 1. The number of nitrogens with one attached hydrogen (secondary N) is 1. The van der Waals surface area contributed by atoms with Gasteiger partial charge in [-0.05, 0) is 43.4 Å². The van der Waals surface area contributed by atoms with E-state index in [0.717, 1.165) is 24.9 Å². The van der Waals surface area contributed by atoms with Gasteiger partial charge in [0.25, 0.3) is 0 Å². The van der Waals surface area contributed by atoms with E-state index in [-0.39, 0.29) is 5.91 Å². The summed E-state index contributed by atoms with van der Waals surface area (Å²) in [4.78, 5) is 14.5. The van der Waals surface area contributed by atoms with Gasteiger partial charge in [0.05, 0.1) is 17.8 Å². The second kappa shape index (κ2) is 6.93. The molecular formula is C18H23N3O. The van der Waals surface area contributed by atoms with Crippen molar-refractivity contribution < 1.29 is 4.79 Å². The van der Waals surface area contributed by atoms with Crippen molar-refractivity contribution in [1.82, 2.24) is 4.90 Å². The second-order valence-corrected chi connectivity index (χ2v) is 6.53. The lowest BCUT2D eigenvalue weighted by Gasteiger charge is -2.41. The maximum Gasteiger partial charge on any atom is 0.238 e. The lowest BCUT2D eigenvalue weighted by molar-refractivity contribution is -0.118. The average Bonchev–Trinajstić information content (AvgIpc) is 2.55. The number of rotatable bonds is 3. The van der Waals surface area contributed by atoms with Gasteiger partial charge in [-0.25, -0.2) is 0 Å². The largest absolute Gasteiger partial charge is 0.324 e. The number of nitrogens with zero attached hydrogens (tertiary/aromatic N) is 2. The molecule has 1 amide bonds. The van der Waals surface area contributed by atoms with E-state index in [1.54, 1.807) is 12.1 Å². The number of likely N-dealkylation sites (tertiary alicyclic amines) is 1. The van der Waals surface area contributed by atoms with Crippen LogP contribution in [0.4, 0.5) is 5.69 Å². The summed E-state index contributed by atoms with van der Waals surface area (Å²) in [6.07, 6.45) is 6.65. The number of carbonyl (C=O) groups excluding carboxylic acids is 1. The number of carbonyl (C=O) groups is 1. The number of anilines is 1. The third kappa shape index (κ3) is 3.48. The third-order valence-electron chi connectivity index (χ3n) is 5.06. The molecule has 0 bridgehead atoms. The van der Waals surface area contributed by atoms with Gasteiger partial charge in [0, 0.05) is 6.54 Å². The monoisotopic (exact) mass is 297 g/mol. The molecule has 2 atom stereocenters. The van der Waals surface area contributed by atoms with Crippen molar-refractivity contribution in [2.24, 2.45) is 11.8 Å². The van der Waals surface area contributed by atoms with Gasteiger partial charge in [-0.15, -0.1) is 0 Å². The van der Waals surface area contributed by atoms with E-state index >= 15 is 0 Å². The molecule has 2 aliphatic rings. The van der Waals surface area contributed by atoms with Crippen LogP contribution in [0.1, 0.15) is 37.7 Å². The average molecular weight is 297 g/mol. The standard InChI is InChI=1S/C18H23N3O/c19-11-15-6-3-4-8-17(15)20-18(22)13-21-10-9-14-5-1-2-7-16(14)12-21/h3-4,6,8,14,16H,1-2,5,7,9-10,12-13H2,(H,20,22)/t14-,16+/m1/s1. The van der Waals surface area contributed by atoms with Gasteiger partial charge in [-0.1, -0.05) is 31.4 Å². The summed E-state index contributed by atoms with van der Waals surface area (Å²) in [5.74, 6) is 1.64. The minimum absolute atomic E-state index is 0.0167. The van der Waals surface area contributed by atoms with Crippen LogP contribution in [-0.4, -0.2) is 30.4 Å². The van der Waals surface area contributed by atoms with Gasteiger partial charge in [0.15, 0.2) is 0 Å². The molecule has 1 aliphatic heterocycles. The van der Waals surface area contributed by atoms with Crippen LogP contribution in [-0.2, 0) is 4.79 Å². The number of benzene rings is 1. The fourth-order valence-corrected chi connectivity index (χ4v) is 3.90. The molecule has 1 aliphatic carbocycles. The summed E-state index contributed by atoms with van der Waals surface area (Å²) in [6.45, 7) is 2.51. The minimum atomic E-state index is -0.0167. The summed E-state index contributed by atoms with van der Waals surface area (Å²) in [5.41, 5.74) is 1.13. The highest BCUT2D eigenvalue weighted by Gasteiger charge is 2.31. The van der Waals surface area contributed by atoms with Crippen LogP contribution in [0, 0.1) is 23.2 Å². The molecule has 3 rings (SSSR count). The molecule has 1 aromatic rings. The van der Waals surface area contributed by atoms with Gasteiger partial charge in [-0.3, -0.25) is 9.69 Å². The summed E-state index contributed by atoms with van der Waals surface area (Å²) in [7, 11) is 0. The molecule has 0 spiro atoms.